The lowest BCUT2D eigenvalue weighted by Gasteiger charge is -2.16. The van der Waals surface area contributed by atoms with Gasteiger partial charge in [0.05, 0.1) is 18.8 Å². The van der Waals surface area contributed by atoms with Crippen molar-refractivity contribution in [3.05, 3.63) is 17.0 Å². The van der Waals surface area contributed by atoms with Crippen molar-refractivity contribution in [3.8, 4) is 0 Å². The molecule has 1 rings (SSSR count). The summed E-state index contributed by atoms with van der Waals surface area (Å²) in [5, 5.41) is 7.29. The highest BCUT2D eigenvalue weighted by Crippen LogP contribution is 2.15. The molecule has 1 aromatic rings. The van der Waals surface area contributed by atoms with E-state index in [1.165, 1.54) is 14.2 Å². The summed E-state index contributed by atoms with van der Waals surface area (Å²) in [7, 11) is 3.49. The summed E-state index contributed by atoms with van der Waals surface area (Å²) in [5.74, 6) is -0.245. The van der Waals surface area contributed by atoms with Crippen molar-refractivity contribution >= 4 is 14.0 Å². The topological polar surface area (TPSA) is 83.8 Å². The third-order valence-electron chi connectivity index (χ3n) is 3.95. The number of nitrogens with zero attached hydrogens (tertiary/aromatic N) is 2. The molecule has 8 nitrogen and oxygen atoms in total. The smallest absolute Gasteiger partial charge is 0.270 e. The van der Waals surface area contributed by atoms with Crippen LogP contribution in [0.1, 0.15) is 21.7 Å². The Balaban J connectivity index is 2.84. The van der Waals surface area contributed by atoms with Gasteiger partial charge in [0.15, 0.2) is 6.29 Å². The Labute approximate surface area is 157 Å². The van der Waals surface area contributed by atoms with E-state index in [-0.39, 0.29) is 19.2 Å². The zero-order valence-corrected chi connectivity index (χ0v) is 18.0. The quantitative estimate of drug-likeness (QED) is 0.335. The molecule has 0 saturated carbocycles. The maximum atomic E-state index is 12.7. The van der Waals surface area contributed by atoms with Crippen molar-refractivity contribution in [1.82, 2.24) is 15.1 Å². The molecule has 150 valence electrons. The average Bonchev–Trinajstić information content (AvgIpc) is 2.88. The molecule has 0 atom stereocenters. The Kier molecular flexibility index (Phi) is 9.45. The maximum absolute atomic E-state index is 12.7. The van der Waals surface area contributed by atoms with Crippen LogP contribution in [-0.4, -0.2) is 64.5 Å². The summed E-state index contributed by atoms with van der Waals surface area (Å²) < 4.78 is 22.7. The minimum atomic E-state index is -1.16. The molecule has 0 bridgehead atoms. The van der Waals surface area contributed by atoms with E-state index in [0.717, 1.165) is 17.3 Å². The van der Waals surface area contributed by atoms with Crippen LogP contribution in [0.4, 0.5) is 0 Å². The highest BCUT2D eigenvalue weighted by Gasteiger charge is 2.22. The fraction of sp³-hybridized carbons (Fsp3) is 0.765. The lowest BCUT2D eigenvalue weighted by molar-refractivity contribution is -0.0975. The first-order valence-electron chi connectivity index (χ1n) is 8.70. The van der Waals surface area contributed by atoms with Crippen molar-refractivity contribution in [1.29, 1.82) is 0 Å². The van der Waals surface area contributed by atoms with Crippen LogP contribution in [0, 0.1) is 6.92 Å². The van der Waals surface area contributed by atoms with E-state index in [0.29, 0.717) is 18.9 Å². The van der Waals surface area contributed by atoms with E-state index >= 15 is 0 Å². The van der Waals surface area contributed by atoms with Gasteiger partial charge in [-0.1, -0.05) is 19.6 Å². The van der Waals surface area contributed by atoms with Gasteiger partial charge >= 0.3 is 0 Å². The molecule has 1 heterocycles. The standard InChI is InChI=1S/C17H33N3O5Si/c1-13-14(11-22-2)19-20(12-25-8-9-26(5,6)7)16(13)17(21)18-10-15(23-3)24-4/h15H,8-12H2,1-7H3,(H,18,21). The number of ether oxygens (including phenoxy) is 4. The summed E-state index contributed by atoms with van der Waals surface area (Å²) in [5.41, 5.74) is 1.97. The molecule has 0 aliphatic heterocycles. The van der Waals surface area contributed by atoms with Gasteiger partial charge < -0.3 is 24.3 Å². The molecule has 0 spiro atoms. The van der Waals surface area contributed by atoms with Crippen molar-refractivity contribution < 1.29 is 23.7 Å². The predicted molar refractivity (Wildman–Crippen MR) is 102 cm³/mol. The predicted octanol–water partition coefficient (Wildman–Crippen LogP) is 2.00. The molecule has 1 N–H and O–H groups in total. The zero-order valence-electron chi connectivity index (χ0n) is 17.0. The Bertz CT molecular complexity index is 567. The van der Waals surface area contributed by atoms with Gasteiger partial charge in [0, 0.05) is 41.6 Å². The SMILES string of the molecule is COCc1nn(COCC[Si](C)(C)C)c(C(=O)NCC(OC)OC)c1C. The van der Waals surface area contributed by atoms with Crippen LogP contribution in [0.25, 0.3) is 0 Å². The molecule has 26 heavy (non-hydrogen) atoms. The highest BCUT2D eigenvalue weighted by molar-refractivity contribution is 6.76. The van der Waals surface area contributed by atoms with Crippen LogP contribution in [0.3, 0.4) is 0 Å². The molecule has 9 heteroatoms. The summed E-state index contributed by atoms with van der Waals surface area (Å²) in [4.78, 5) is 12.7. The molecule has 0 aromatic carbocycles. The monoisotopic (exact) mass is 387 g/mol. The van der Waals surface area contributed by atoms with Crippen LogP contribution in [0.2, 0.25) is 25.7 Å². The normalized spacial score (nSPS) is 12.0. The van der Waals surface area contributed by atoms with Crippen molar-refractivity contribution in [2.45, 2.75) is 52.2 Å². The van der Waals surface area contributed by atoms with Gasteiger partial charge in [0.1, 0.15) is 12.4 Å². The molecule has 0 radical (unpaired) electrons. The van der Waals surface area contributed by atoms with Crippen LogP contribution >= 0.6 is 0 Å². The number of nitrogens with one attached hydrogen (secondary N) is 1. The summed E-state index contributed by atoms with van der Waals surface area (Å²) in [6.07, 6.45) is -0.498. The van der Waals surface area contributed by atoms with E-state index in [1.54, 1.807) is 11.8 Å². The minimum absolute atomic E-state index is 0.232. The van der Waals surface area contributed by atoms with E-state index in [1.807, 2.05) is 6.92 Å². The van der Waals surface area contributed by atoms with Crippen LogP contribution in [0.15, 0.2) is 0 Å². The molecular weight excluding hydrogens is 354 g/mol. The molecule has 0 aliphatic carbocycles. The van der Waals surface area contributed by atoms with Gasteiger partial charge in [-0.25, -0.2) is 4.68 Å². The Morgan fingerprint density at radius 1 is 1.23 bits per heavy atom. The first-order valence-corrected chi connectivity index (χ1v) is 12.4. The summed E-state index contributed by atoms with van der Waals surface area (Å²) in [6.45, 7) is 10.2. The number of rotatable bonds is 12. The van der Waals surface area contributed by atoms with Gasteiger partial charge in [0.25, 0.3) is 5.91 Å². The number of methoxy groups -OCH3 is 3. The molecule has 1 amide bonds. The van der Waals surface area contributed by atoms with E-state index in [4.69, 9.17) is 18.9 Å². The molecule has 0 saturated heterocycles. The van der Waals surface area contributed by atoms with E-state index < -0.39 is 14.4 Å². The third-order valence-corrected chi connectivity index (χ3v) is 5.65. The number of hydrogen-bond donors (Lipinski definition) is 1. The lowest BCUT2D eigenvalue weighted by Crippen LogP contribution is -2.35. The van der Waals surface area contributed by atoms with Gasteiger partial charge in [0.2, 0.25) is 0 Å². The Hall–Kier alpha value is -1.26. The number of hydrogen-bond acceptors (Lipinski definition) is 6. The second-order valence-corrected chi connectivity index (χ2v) is 12.9. The fourth-order valence-electron chi connectivity index (χ4n) is 2.31. The second kappa shape index (κ2) is 10.8. The summed E-state index contributed by atoms with van der Waals surface area (Å²) in [6, 6.07) is 1.06. The molecule has 0 unspecified atom stereocenters. The minimum Gasteiger partial charge on any atom is -0.378 e. The third kappa shape index (κ3) is 7.16. The van der Waals surface area contributed by atoms with Crippen LogP contribution in [0.5, 0.6) is 0 Å². The zero-order chi connectivity index (χ0) is 19.7. The Morgan fingerprint density at radius 3 is 2.42 bits per heavy atom. The molecular formula is C17H33N3O5Si. The molecule has 0 fully saturated rings. The van der Waals surface area contributed by atoms with Gasteiger partial charge in [-0.3, -0.25) is 4.79 Å². The number of carbonyl (C=O) groups is 1. The average molecular weight is 388 g/mol. The summed E-state index contributed by atoms with van der Waals surface area (Å²) >= 11 is 0. The van der Waals surface area contributed by atoms with Crippen molar-refractivity contribution in [2.24, 2.45) is 0 Å². The fourth-order valence-corrected chi connectivity index (χ4v) is 3.06. The van der Waals surface area contributed by atoms with Crippen LogP contribution < -0.4 is 5.32 Å². The number of aromatic nitrogens is 2. The first-order chi connectivity index (χ1) is 12.2. The van der Waals surface area contributed by atoms with Gasteiger partial charge in [-0.2, -0.15) is 5.10 Å². The molecule has 1 aromatic heterocycles. The highest BCUT2D eigenvalue weighted by atomic mass is 28.3. The van der Waals surface area contributed by atoms with Gasteiger partial charge in [-0.05, 0) is 13.0 Å². The van der Waals surface area contributed by atoms with Crippen LogP contribution in [-0.2, 0) is 32.3 Å². The second-order valence-electron chi connectivity index (χ2n) is 7.31. The first kappa shape index (κ1) is 22.8. The van der Waals surface area contributed by atoms with E-state index in [2.05, 4.69) is 30.1 Å². The maximum Gasteiger partial charge on any atom is 0.270 e. The lowest BCUT2D eigenvalue weighted by atomic mass is 10.2. The largest absolute Gasteiger partial charge is 0.378 e. The molecule has 0 aliphatic rings. The number of carbonyl (C=O) groups excluding carboxylic acids is 1. The number of amides is 1. The van der Waals surface area contributed by atoms with Crippen molar-refractivity contribution in [2.75, 3.05) is 34.5 Å². The Morgan fingerprint density at radius 2 is 1.88 bits per heavy atom. The van der Waals surface area contributed by atoms with Gasteiger partial charge in [-0.15, -0.1) is 0 Å². The van der Waals surface area contributed by atoms with Crippen molar-refractivity contribution in [3.63, 3.8) is 0 Å². The van der Waals surface area contributed by atoms with E-state index in [9.17, 15) is 4.79 Å².